The minimum atomic E-state index is 0.344. The van der Waals surface area contributed by atoms with E-state index in [4.69, 9.17) is 5.73 Å². The fourth-order valence-electron chi connectivity index (χ4n) is 2.20. The smallest absolute Gasteiger partial charge is 0.0631 e. The molecule has 0 bridgehead atoms. The highest BCUT2D eigenvalue weighted by Gasteiger charge is 2.12. The third kappa shape index (κ3) is 3.44. The summed E-state index contributed by atoms with van der Waals surface area (Å²) >= 11 is 0. The van der Waals surface area contributed by atoms with E-state index >= 15 is 0 Å². The fraction of sp³-hybridized carbons (Fsp3) is 0.438. The van der Waals surface area contributed by atoms with E-state index in [1.165, 1.54) is 11.1 Å². The first-order valence-corrected chi connectivity index (χ1v) is 6.91. The van der Waals surface area contributed by atoms with Crippen LogP contribution in [-0.2, 0) is 6.42 Å². The van der Waals surface area contributed by atoms with Crippen LogP contribution in [0.15, 0.2) is 36.5 Å². The van der Waals surface area contributed by atoms with Crippen LogP contribution in [0.25, 0.3) is 0 Å². The van der Waals surface area contributed by atoms with Gasteiger partial charge in [0.1, 0.15) is 0 Å². The molecule has 0 aliphatic heterocycles. The predicted octanol–water partition coefficient (Wildman–Crippen LogP) is 3.06. The summed E-state index contributed by atoms with van der Waals surface area (Å²) in [5, 5.41) is 4.60. The SMILES string of the molecule is Cc1ccc(C(CN)Cc2ccn(C(C)C)n2)cc1. The molecule has 2 aromatic rings. The molecule has 102 valence electrons. The molecule has 0 saturated carbocycles. The molecule has 0 aliphatic carbocycles. The van der Waals surface area contributed by atoms with Crippen LogP contribution < -0.4 is 5.73 Å². The Kier molecular flexibility index (Phi) is 4.38. The largest absolute Gasteiger partial charge is 0.330 e. The standard InChI is InChI=1S/C16H23N3/c1-12(2)19-9-8-16(18-19)10-15(11-17)14-6-4-13(3)5-7-14/h4-9,12,15H,10-11,17H2,1-3H3. The summed E-state index contributed by atoms with van der Waals surface area (Å²) in [5.74, 6) is 0.344. The average molecular weight is 257 g/mol. The van der Waals surface area contributed by atoms with Gasteiger partial charge in [-0.05, 0) is 45.4 Å². The lowest BCUT2D eigenvalue weighted by molar-refractivity contribution is 0.522. The van der Waals surface area contributed by atoms with Crippen molar-refractivity contribution < 1.29 is 0 Å². The van der Waals surface area contributed by atoms with Crippen LogP contribution in [0.5, 0.6) is 0 Å². The molecule has 0 radical (unpaired) electrons. The minimum Gasteiger partial charge on any atom is -0.330 e. The van der Waals surface area contributed by atoms with Gasteiger partial charge in [-0.3, -0.25) is 4.68 Å². The lowest BCUT2D eigenvalue weighted by atomic mass is 9.94. The highest BCUT2D eigenvalue weighted by molar-refractivity contribution is 5.26. The fourth-order valence-corrected chi connectivity index (χ4v) is 2.20. The molecule has 2 N–H and O–H groups in total. The van der Waals surface area contributed by atoms with Crippen LogP contribution in [-0.4, -0.2) is 16.3 Å². The molecule has 1 aromatic heterocycles. The van der Waals surface area contributed by atoms with Gasteiger partial charge < -0.3 is 5.73 Å². The van der Waals surface area contributed by atoms with E-state index in [9.17, 15) is 0 Å². The van der Waals surface area contributed by atoms with Crippen molar-refractivity contribution in [3.05, 3.63) is 53.3 Å². The highest BCUT2D eigenvalue weighted by atomic mass is 15.3. The Bertz CT molecular complexity index is 511. The molecule has 1 unspecified atom stereocenters. The molecule has 1 atom stereocenters. The summed E-state index contributed by atoms with van der Waals surface area (Å²) in [6, 6.07) is 11.1. The van der Waals surface area contributed by atoms with E-state index in [2.05, 4.69) is 56.2 Å². The first-order chi connectivity index (χ1) is 9.10. The average Bonchev–Trinajstić information content (AvgIpc) is 2.86. The summed E-state index contributed by atoms with van der Waals surface area (Å²) in [5.41, 5.74) is 9.62. The Labute approximate surface area is 115 Å². The van der Waals surface area contributed by atoms with Gasteiger partial charge in [0.15, 0.2) is 0 Å². The van der Waals surface area contributed by atoms with Gasteiger partial charge in [-0.15, -0.1) is 0 Å². The lowest BCUT2D eigenvalue weighted by Crippen LogP contribution is -2.15. The summed E-state index contributed by atoms with van der Waals surface area (Å²) in [6.45, 7) is 7.03. The first kappa shape index (κ1) is 13.8. The van der Waals surface area contributed by atoms with Crippen LogP contribution in [0.1, 0.15) is 42.6 Å². The second-order valence-electron chi connectivity index (χ2n) is 5.43. The second kappa shape index (κ2) is 6.02. The number of aromatic nitrogens is 2. The quantitative estimate of drug-likeness (QED) is 0.894. The van der Waals surface area contributed by atoms with Crippen molar-refractivity contribution in [2.45, 2.75) is 39.2 Å². The monoisotopic (exact) mass is 257 g/mol. The van der Waals surface area contributed by atoms with Gasteiger partial charge >= 0.3 is 0 Å². The van der Waals surface area contributed by atoms with Gasteiger partial charge in [-0.25, -0.2) is 0 Å². The number of hydrogen-bond donors (Lipinski definition) is 1. The number of hydrogen-bond acceptors (Lipinski definition) is 2. The number of nitrogens with zero attached hydrogens (tertiary/aromatic N) is 2. The molecule has 0 fully saturated rings. The topological polar surface area (TPSA) is 43.8 Å². The van der Waals surface area contributed by atoms with E-state index in [1.54, 1.807) is 0 Å². The highest BCUT2D eigenvalue weighted by Crippen LogP contribution is 2.20. The molecule has 0 amide bonds. The van der Waals surface area contributed by atoms with Crippen LogP contribution in [0.3, 0.4) is 0 Å². The summed E-state index contributed by atoms with van der Waals surface area (Å²) < 4.78 is 2.00. The second-order valence-corrected chi connectivity index (χ2v) is 5.43. The van der Waals surface area contributed by atoms with Crippen molar-refractivity contribution >= 4 is 0 Å². The van der Waals surface area contributed by atoms with Gasteiger partial charge in [0.05, 0.1) is 5.69 Å². The zero-order chi connectivity index (χ0) is 13.8. The Morgan fingerprint density at radius 3 is 2.37 bits per heavy atom. The lowest BCUT2D eigenvalue weighted by Gasteiger charge is -2.14. The molecule has 0 spiro atoms. The maximum absolute atomic E-state index is 5.92. The van der Waals surface area contributed by atoms with Crippen molar-refractivity contribution in [2.24, 2.45) is 5.73 Å². The Hall–Kier alpha value is -1.61. The van der Waals surface area contributed by atoms with E-state index in [-0.39, 0.29) is 0 Å². The van der Waals surface area contributed by atoms with Crippen LogP contribution in [0.4, 0.5) is 0 Å². The molecule has 0 aliphatic rings. The van der Waals surface area contributed by atoms with Gasteiger partial charge in [-0.1, -0.05) is 29.8 Å². The molecule has 1 aromatic carbocycles. The number of aryl methyl sites for hydroxylation is 1. The normalized spacial score (nSPS) is 12.9. The third-order valence-corrected chi connectivity index (χ3v) is 3.48. The number of nitrogens with two attached hydrogens (primary N) is 1. The summed E-state index contributed by atoms with van der Waals surface area (Å²) in [6.07, 6.45) is 2.95. The van der Waals surface area contributed by atoms with E-state index in [1.807, 2.05) is 10.9 Å². The van der Waals surface area contributed by atoms with Crippen molar-refractivity contribution in [1.29, 1.82) is 0 Å². The molecular weight excluding hydrogens is 234 g/mol. The summed E-state index contributed by atoms with van der Waals surface area (Å²) in [7, 11) is 0. The van der Waals surface area contributed by atoms with E-state index in [0.717, 1.165) is 12.1 Å². The zero-order valence-corrected chi connectivity index (χ0v) is 12.0. The number of rotatable bonds is 5. The van der Waals surface area contributed by atoms with Gasteiger partial charge in [-0.2, -0.15) is 5.10 Å². The summed E-state index contributed by atoms with van der Waals surface area (Å²) in [4.78, 5) is 0. The molecule has 0 saturated heterocycles. The molecular formula is C16H23N3. The number of benzene rings is 1. The maximum Gasteiger partial charge on any atom is 0.0631 e. The van der Waals surface area contributed by atoms with Crippen LogP contribution in [0, 0.1) is 6.92 Å². The van der Waals surface area contributed by atoms with Gasteiger partial charge in [0, 0.05) is 18.2 Å². The van der Waals surface area contributed by atoms with Crippen molar-refractivity contribution in [3.63, 3.8) is 0 Å². The Morgan fingerprint density at radius 1 is 1.16 bits per heavy atom. The molecule has 19 heavy (non-hydrogen) atoms. The minimum absolute atomic E-state index is 0.344. The van der Waals surface area contributed by atoms with Gasteiger partial charge in [0.25, 0.3) is 0 Å². The van der Waals surface area contributed by atoms with Gasteiger partial charge in [0.2, 0.25) is 0 Å². The maximum atomic E-state index is 5.92. The molecule has 3 heteroatoms. The van der Waals surface area contributed by atoms with Crippen molar-refractivity contribution in [2.75, 3.05) is 6.54 Å². The van der Waals surface area contributed by atoms with Crippen LogP contribution >= 0.6 is 0 Å². The Balaban J connectivity index is 2.12. The zero-order valence-electron chi connectivity index (χ0n) is 12.0. The molecule has 1 heterocycles. The van der Waals surface area contributed by atoms with E-state index < -0.39 is 0 Å². The predicted molar refractivity (Wildman–Crippen MR) is 79.3 cm³/mol. The molecule has 3 nitrogen and oxygen atoms in total. The van der Waals surface area contributed by atoms with Crippen LogP contribution in [0.2, 0.25) is 0 Å². The van der Waals surface area contributed by atoms with Crippen molar-refractivity contribution in [1.82, 2.24) is 9.78 Å². The molecule has 2 rings (SSSR count). The Morgan fingerprint density at radius 2 is 1.84 bits per heavy atom. The third-order valence-electron chi connectivity index (χ3n) is 3.48. The van der Waals surface area contributed by atoms with Crippen molar-refractivity contribution in [3.8, 4) is 0 Å². The van der Waals surface area contributed by atoms with E-state index in [0.29, 0.717) is 18.5 Å². The first-order valence-electron chi connectivity index (χ1n) is 6.91.